The normalized spacial score (nSPS) is 12.7. The lowest BCUT2D eigenvalue weighted by molar-refractivity contribution is -0.120. The van der Waals surface area contributed by atoms with Crippen LogP contribution in [0.1, 0.15) is 30.5 Å². The molecule has 3 aromatic carbocycles. The highest BCUT2D eigenvalue weighted by atomic mass is 32.2. The van der Waals surface area contributed by atoms with Crippen molar-refractivity contribution in [2.75, 3.05) is 17.1 Å². The van der Waals surface area contributed by atoms with E-state index in [1.807, 2.05) is 13.8 Å². The van der Waals surface area contributed by atoms with Crippen molar-refractivity contribution in [3.63, 3.8) is 0 Å². The second-order valence-electron chi connectivity index (χ2n) is 8.03. The van der Waals surface area contributed by atoms with E-state index in [0.29, 0.717) is 12.1 Å². The van der Waals surface area contributed by atoms with Crippen LogP contribution in [0.2, 0.25) is 0 Å². The SMILES string of the molecule is CCC(NC(=O)CN(c1ccc(C)cc1)S(=O)(=O)c1ccccc1)c1ccc(S(C)(=O)=O)cc1. The Hall–Kier alpha value is -3.17. The quantitative estimate of drug-likeness (QED) is 0.481. The minimum absolute atomic E-state index is 0.0896. The Morgan fingerprint density at radius 2 is 1.44 bits per heavy atom. The second-order valence-corrected chi connectivity index (χ2v) is 11.9. The maximum atomic E-state index is 13.4. The lowest BCUT2D eigenvalue weighted by atomic mass is 10.0. The first-order chi connectivity index (χ1) is 16.0. The average molecular weight is 501 g/mol. The summed E-state index contributed by atoms with van der Waals surface area (Å²) in [4.78, 5) is 13.3. The van der Waals surface area contributed by atoms with E-state index in [1.54, 1.807) is 54.6 Å². The molecular formula is C25H28N2O5S2. The van der Waals surface area contributed by atoms with Crippen molar-refractivity contribution in [1.29, 1.82) is 0 Å². The molecular weight excluding hydrogens is 472 g/mol. The molecule has 1 atom stereocenters. The highest BCUT2D eigenvalue weighted by Crippen LogP contribution is 2.25. The van der Waals surface area contributed by atoms with Crippen molar-refractivity contribution in [1.82, 2.24) is 5.32 Å². The summed E-state index contributed by atoms with van der Waals surface area (Å²) in [7, 11) is -7.31. The van der Waals surface area contributed by atoms with Gasteiger partial charge in [-0.25, -0.2) is 16.8 Å². The molecule has 0 radical (unpaired) electrons. The summed E-state index contributed by atoms with van der Waals surface area (Å²) >= 11 is 0. The molecule has 0 aliphatic heterocycles. The number of carbonyl (C=O) groups is 1. The number of hydrogen-bond acceptors (Lipinski definition) is 5. The van der Waals surface area contributed by atoms with Gasteiger partial charge in [-0.2, -0.15) is 0 Å². The Labute approximate surface area is 201 Å². The predicted molar refractivity (Wildman–Crippen MR) is 133 cm³/mol. The molecule has 9 heteroatoms. The fourth-order valence-corrected chi connectivity index (χ4v) is 5.56. The smallest absolute Gasteiger partial charge is 0.264 e. The van der Waals surface area contributed by atoms with Crippen LogP contribution in [0, 0.1) is 6.92 Å². The Kier molecular flexibility index (Phi) is 7.78. The van der Waals surface area contributed by atoms with Crippen molar-refractivity contribution in [2.45, 2.75) is 36.1 Å². The van der Waals surface area contributed by atoms with Gasteiger partial charge >= 0.3 is 0 Å². The first-order valence-corrected chi connectivity index (χ1v) is 14.1. The summed E-state index contributed by atoms with van der Waals surface area (Å²) < 4.78 is 51.3. The third kappa shape index (κ3) is 6.03. The van der Waals surface area contributed by atoms with Gasteiger partial charge in [0.25, 0.3) is 10.0 Å². The van der Waals surface area contributed by atoms with Crippen molar-refractivity contribution >= 4 is 31.5 Å². The second kappa shape index (κ2) is 10.4. The van der Waals surface area contributed by atoms with Crippen LogP contribution < -0.4 is 9.62 Å². The van der Waals surface area contributed by atoms with Crippen LogP contribution in [0.15, 0.2) is 88.7 Å². The van der Waals surface area contributed by atoms with Gasteiger partial charge in [0.1, 0.15) is 6.54 Å². The van der Waals surface area contributed by atoms with E-state index in [4.69, 9.17) is 0 Å². The molecule has 3 aromatic rings. The molecule has 3 rings (SSSR count). The number of benzene rings is 3. The van der Waals surface area contributed by atoms with Gasteiger partial charge in [-0.1, -0.05) is 55.0 Å². The van der Waals surface area contributed by atoms with Crippen LogP contribution in [0.5, 0.6) is 0 Å². The van der Waals surface area contributed by atoms with Crippen LogP contribution >= 0.6 is 0 Å². The number of sulfonamides is 1. The molecule has 0 fully saturated rings. The largest absolute Gasteiger partial charge is 0.348 e. The first kappa shape index (κ1) is 25.5. The molecule has 0 saturated heterocycles. The van der Waals surface area contributed by atoms with Crippen LogP contribution in [-0.4, -0.2) is 35.5 Å². The molecule has 180 valence electrons. The third-order valence-electron chi connectivity index (χ3n) is 5.39. The van der Waals surface area contributed by atoms with Gasteiger partial charge in [-0.05, 0) is 55.3 Å². The molecule has 0 aromatic heterocycles. The zero-order valence-electron chi connectivity index (χ0n) is 19.3. The molecule has 0 aliphatic carbocycles. The van der Waals surface area contributed by atoms with Crippen molar-refractivity contribution < 1.29 is 21.6 Å². The molecule has 0 heterocycles. The maximum Gasteiger partial charge on any atom is 0.264 e. The number of hydrogen-bond donors (Lipinski definition) is 1. The van der Waals surface area contributed by atoms with Crippen molar-refractivity contribution in [3.8, 4) is 0 Å². The molecule has 7 nitrogen and oxygen atoms in total. The van der Waals surface area contributed by atoms with Crippen LogP contribution in [0.25, 0.3) is 0 Å². The number of amides is 1. The summed E-state index contributed by atoms with van der Waals surface area (Å²) in [6.45, 7) is 3.37. The Bertz CT molecular complexity index is 1340. The van der Waals surface area contributed by atoms with Gasteiger partial charge in [0.2, 0.25) is 5.91 Å². The zero-order chi connectivity index (χ0) is 24.9. The molecule has 1 unspecified atom stereocenters. The Morgan fingerprint density at radius 3 is 1.97 bits per heavy atom. The number of nitrogens with zero attached hydrogens (tertiary/aromatic N) is 1. The highest BCUT2D eigenvalue weighted by Gasteiger charge is 2.28. The average Bonchev–Trinajstić information content (AvgIpc) is 2.82. The van der Waals surface area contributed by atoms with Crippen molar-refractivity contribution in [2.24, 2.45) is 0 Å². The van der Waals surface area contributed by atoms with Crippen LogP contribution in [0.4, 0.5) is 5.69 Å². The predicted octanol–water partition coefficient (Wildman–Crippen LogP) is 3.86. The van der Waals surface area contributed by atoms with E-state index < -0.39 is 38.4 Å². The zero-order valence-corrected chi connectivity index (χ0v) is 20.9. The minimum Gasteiger partial charge on any atom is -0.348 e. The Balaban J connectivity index is 1.87. The third-order valence-corrected chi connectivity index (χ3v) is 8.31. The molecule has 1 N–H and O–H groups in total. The fraction of sp³-hybridized carbons (Fsp3) is 0.240. The van der Waals surface area contributed by atoms with E-state index in [1.165, 1.54) is 24.3 Å². The van der Waals surface area contributed by atoms with Gasteiger partial charge in [0, 0.05) is 6.26 Å². The fourth-order valence-electron chi connectivity index (χ4n) is 3.48. The number of carbonyl (C=O) groups excluding carboxylic acids is 1. The lowest BCUT2D eigenvalue weighted by Crippen LogP contribution is -2.42. The monoisotopic (exact) mass is 500 g/mol. The Morgan fingerprint density at radius 1 is 0.853 bits per heavy atom. The molecule has 0 saturated carbocycles. The standard InChI is InChI=1S/C25H28N2O5S2/c1-4-24(20-12-16-22(17-13-20)33(3,29)30)26-25(28)18-27(21-14-10-19(2)11-15-21)34(31,32)23-8-6-5-7-9-23/h5-17,24H,4,18H2,1-3H3,(H,26,28). The number of anilines is 1. The van der Waals surface area contributed by atoms with E-state index in [0.717, 1.165) is 21.7 Å². The summed E-state index contributed by atoms with van der Waals surface area (Å²) in [6, 6.07) is 20.8. The van der Waals surface area contributed by atoms with Gasteiger partial charge in [0.15, 0.2) is 9.84 Å². The molecule has 0 aliphatic rings. The van der Waals surface area contributed by atoms with E-state index in [-0.39, 0.29) is 9.79 Å². The number of aryl methyl sites for hydroxylation is 1. The lowest BCUT2D eigenvalue weighted by Gasteiger charge is -2.26. The first-order valence-electron chi connectivity index (χ1n) is 10.8. The van der Waals surface area contributed by atoms with Crippen molar-refractivity contribution in [3.05, 3.63) is 90.0 Å². The molecule has 0 spiro atoms. The van der Waals surface area contributed by atoms with Crippen LogP contribution in [-0.2, 0) is 24.7 Å². The van der Waals surface area contributed by atoms with Gasteiger partial charge < -0.3 is 5.32 Å². The maximum absolute atomic E-state index is 13.4. The van der Waals surface area contributed by atoms with E-state index in [2.05, 4.69) is 5.32 Å². The molecule has 1 amide bonds. The van der Waals surface area contributed by atoms with Crippen LogP contribution in [0.3, 0.4) is 0 Å². The molecule has 34 heavy (non-hydrogen) atoms. The summed E-state index contributed by atoms with van der Waals surface area (Å²) in [5, 5.41) is 2.88. The van der Waals surface area contributed by atoms with Gasteiger partial charge in [-0.3, -0.25) is 9.10 Å². The summed E-state index contributed by atoms with van der Waals surface area (Å²) in [6.07, 6.45) is 1.67. The minimum atomic E-state index is -3.99. The number of nitrogens with one attached hydrogen (secondary N) is 1. The topological polar surface area (TPSA) is 101 Å². The van der Waals surface area contributed by atoms with E-state index >= 15 is 0 Å². The molecule has 0 bridgehead atoms. The number of rotatable bonds is 9. The van der Waals surface area contributed by atoms with Gasteiger partial charge in [0.05, 0.1) is 21.5 Å². The number of sulfone groups is 1. The highest BCUT2D eigenvalue weighted by molar-refractivity contribution is 7.93. The summed E-state index contributed by atoms with van der Waals surface area (Å²) in [5.74, 6) is -0.473. The summed E-state index contributed by atoms with van der Waals surface area (Å²) in [5.41, 5.74) is 2.08. The van der Waals surface area contributed by atoms with E-state index in [9.17, 15) is 21.6 Å². The van der Waals surface area contributed by atoms with Gasteiger partial charge in [-0.15, -0.1) is 0 Å².